The fraction of sp³-hybridized carbons (Fsp3) is 0. The predicted octanol–water partition coefficient (Wildman–Crippen LogP) is 4.17. The third kappa shape index (κ3) is 2.56. The third-order valence-electron chi connectivity index (χ3n) is 3.44. The number of hydrogen-bond acceptors (Lipinski definition) is 2. The summed E-state index contributed by atoms with van der Waals surface area (Å²) >= 11 is 0. The molecule has 0 saturated heterocycles. The molecule has 21 heavy (non-hydrogen) atoms. The summed E-state index contributed by atoms with van der Waals surface area (Å²) < 4.78 is 0. The van der Waals surface area contributed by atoms with E-state index in [-0.39, 0.29) is 5.78 Å². The molecule has 2 N–H and O–H groups in total. The highest BCUT2D eigenvalue weighted by atomic mass is 16.1. The molecular weight excluding hydrogens is 258 g/mol. The number of carbonyl (C=O) groups is 1. The van der Waals surface area contributed by atoms with Gasteiger partial charge in [0.05, 0.1) is 0 Å². The van der Waals surface area contributed by atoms with Gasteiger partial charge in [-0.05, 0) is 11.6 Å². The molecule has 0 unspecified atom stereocenters. The van der Waals surface area contributed by atoms with Crippen LogP contribution in [-0.4, -0.2) is 5.78 Å². The highest BCUT2D eigenvalue weighted by molar-refractivity contribution is 6.14. The number of rotatable bonds is 3. The zero-order chi connectivity index (χ0) is 14.7. The predicted molar refractivity (Wildman–Crippen MR) is 86.2 cm³/mol. The molecule has 0 aliphatic rings. The monoisotopic (exact) mass is 273 g/mol. The van der Waals surface area contributed by atoms with Crippen LogP contribution in [0.2, 0.25) is 0 Å². The molecule has 0 amide bonds. The van der Waals surface area contributed by atoms with Gasteiger partial charge in [-0.15, -0.1) is 0 Å². The van der Waals surface area contributed by atoms with Crippen molar-refractivity contribution in [3.8, 4) is 11.1 Å². The Balaban J connectivity index is 2.16. The van der Waals surface area contributed by atoms with E-state index in [0.717, 1.165) is 11.1 Å². The van der Waals surface area contributed by atoms with Crippen LogP contribution in [0.5, 0.6) is 0 Å². The molecule has 3 rings (SSSR count). The molecule has 0 spiro atoms. The van der Waals surface area contributed by atoms with Gasteiger partial charge in [0.15, 0.2) is 5.78 Å². The highest BCUT2D eigenvalue weighted by Gasteiger charge is 2.16. The Labute approximate surface area is 123 Å². The van der Waals surface area contributed by atoms with E-state index >= 15 is 0 Å². The molecule has 102 valence electrons. The van der Waals surface area contributed by atoms with Crippen molar-refractivity contribution in [2.24, 2.45) is 0 Å². The number of ketones is 1. The van der Waals surface area contributed by atoms with Crippen LogP contribution in [0.25, 0.3) is 11.1 Å². The quantitative estimate of drug-likeness (QED) is 0.575. The minimum absolute atomic E-state index is 0.0123. The first-order chi connectivity index (χ1) is 10.3. The van der Waals surface area contributed by atoms with Crippen molar-refractivity contribution in [2.45, 2.75) is 0 Å². The maximum atomic E-state index is 12.7. The lowest BCUT2D eigenvalue weighted by atomic mass is 9.92. The van der Waals surface area contributed by atoms with E-state index in [2.05, 4.69) is 0 Å². The largest absolute Gasteiger partial charge is 0.398 e. The van der Waals surface area contributed by atoms with Gasteiger partial charge in [0.1, 0.15) is 0 Å². The van der Waals surface area contributed by atoms with E-state index in [4.69, 9.17) is 5.73 Å². The Morgan fingerprint density at radius 3 is 2.00 bits per heavy atom. The van der Waals surface area contributed by atoms with Gasteiger partial charge in [-0.25, -0.2) is 0 Å². The van der Waals surface area contributed by atoms with Crippen LogP contribution >= 0.6 is 0 Å². The summed E-state index contributed by atoms with van der Waals surface area (Å²) in [5.74, 6) is -0.0123. The molecule has 0 saturated carbocycles. The summed E-state index contributed by atoms with van der Waals surface area (Å²) in [4.78, 5) is 12.7. The van der Waals surface area contributed by atoms with Crippen LogP contribution in [-0.2, 0) is 0 Å². The fourth-order valence-electron chi connectivity index (χ4n) is 2.43. The fourth-order valence-corrected chi connectivity index (χ4v) is 2.43. The number of nitrogens with two attached hydrogens (primary N) is 1. The van der Waals surface area contributed by atoms with Crippen molar-refractivity contribution in [1.82, 2.24) is 0 Å². The molecule has 0 radical (unpaired) electrons. The van der Waals surface area contributed by atoms with Gasteiger partial charge in [0, 0.05) is 22.4 Å². The van der Waals surface area contributed by atoms with Crippen molar-refractivity contribution in [1.29, 1.82) is 0 Å². The second-order valence-corrected chi connectivity index (χ2v) is 4.83. The van der Waals surface area contributed by atoms with Crippen LogP contribution in [0.1, 0.15) is 15.9 Å². The number of carbonyl (C=O) groups excluding carboxylic acids is 1. The molecular formula is C19H15NO. The van der Waals surface area contributed by atoms with Crippen LogP contribution < -0.4 is 5.73 Å². The Morgan fingerprint density at radius 2 is 1.33 bits per heavy atom. The average molecular weight is 273 g/mol. The second-order valence-electron chi connectivity index (χ2n) is 4.83. The number of benzene rings is 3. The molecule has 2 nitrogen and oxygen atoms in total. The van der Waals surface area contributed by atoms with E-state index in [0.29, 0.717) is 16.8 Å². The first-order valence-electron chi connectivity index (χ1n) is 6.81. The maximum Gasteiger partial charge on any atom is 0.193 e. The first-order valence-corrected chi connectivity index (χ1v) is 6.81. The standard InChI is InChI=1S/C19H15NO/c20-17-13-7-12-16(18(17)14-8-3-1-4-9-14)19(21)15-10-5-2-6-11-15/h1-13H,20H2. The van der Waals surface area contributed by atoms with Crippen LogP contribution in [0.3, 0.4) is 0 Å². The molecule has 0 atom stereocenters. The Hall–Kier alpha value is -2.87. The Kier molecular flexibility index (Phi) is 3.52. The van der Waals surface area contributed by atoms with E-state index in [1.807, 2.05) is 78.9 Å². The number of nitrogen functional groups attached to an aromatic ring is 1. The smallest absolute Gasteiger partial charge is 0.193 e. The maximum absolute atomic E-state index is 12.7. The minimum atomic E-state index is -0.0123. The zero-order valence-corrected chi connectivity index (χ0v) is 11.5. The Bertz CT molecular complexity index is 764. The summed E-state index contributed by atoms with van der Waals surface area (Å²) in [5, 5.41) is 0. The van der Waals surface area contributed by atoms with Crippen molar-refractivity contribution in [3.05, 3.63) is 90.0 Å². The SMILES string of the molecule is Nc1cccc(C(=O)c2ccccc2)c1-c1ccccc1. The van der Waals surface area contributed by atoms with Crippen LogP contribution in [0.4, 0.5) is 5.69 Å². The molecule has 3 aromatic rings. The molecule has 0 aliphatic heterocycles. The highest BCUT2D eigenvalue weighted by Crippen LogP contribution is 2.31. The lowest BCUT2D eigenvalue weighted by Crippen LogP contribution is -2.05. The van der Waals surface area contributed by atoms with E-state index < -0.39 is 0 Å². The molecule has 0 aliphatic carbocycles. The van der Waals surface area contributed by atoms with E-state index in [1.54, 1.807) is 0 Å². The zero-order valence-electron chi connectivity index (χ0n) is 11.5. The number of anilines is 1. The normalized spacial score (nSPS) is 10.3. The van der Waals surface area contributed by atoms with Crippen LogP contribution in [0, 0.1) is 0 Å². The minimum Gasteiger partial charge on any atom is -0.398 e. The van der Waals surface area contributed by atoms with Gasteiger partial charge in [0.2, 0.25) is 0 Å². The van der Waals surface area contributed by atoms with Crippen molar-refractivity contribution in [2.75, 3.05) is 5.73 Å². The molecule has 0 aromatic heterocycles. The van der Waals surface area contributed by atoms with Crippen molar-refractivity contribution in [3.63, 3.8) is 0 Å². The summed E-state index contributed by atoms with van der Waals surface area (Å²) in [5.41, 5.74) is 9.78. The van der Waals surface area contributed by atoms with E-state index in [9.17, 15) is 4.79 Å². The van der Waals surface area contributed by atoms with Crippen molar-refractivity contribution < 1.29 is 4.79 Å². The average Bonchev–Trinajstić information content (AvgIpc) is 2.55. The van der Waals surface area contributed by atoms with Gasteiger partial charge in [-0.3, -0.25) is 4.79 Å². The topological polar surface area (TPSA) is 43.1 Å². The Morgan fingerprint density at radius 1 is 0.714 bits per heavy atom. The number of hydrogen-bond donors (Lipinski definition) is 1. The third-order valence-corrected chi connectivity index (χ3v) is 3.44. The summed E-state index contributed by atoms with van der Waals surface area (Å²) in [6.07, 6.45) is 0. The second kappa shape index (κ2) is 5.63. The molecule has 2 heteroatoms. The molecule has 0 heterocycles. The summed E-state index contributed by atoms with van der Waals surface area (Å²) in [6.45, 7) is 0. The summed E-state index contributed by atoms with van der Waals surface area (Å²) in [6, 6.07) is 24.5. The van der Waals surface area contributed by atoms with E-state index in [1.165, 1.54) is 0 Å². The van der Waals surface area contributed by atoms with Gasteiger partial charge in [-0.1, -0.05) is 72.8 Å². The lowest BCUT2D eigenvalue weighted by molar-refractivity contribution is 0.103. The van der Waals surface area contributed by atoms with Crippen molar-refractivity contribution >= 4 is 11.5 Å². The lowest BCUT2D eigenvalue weighted by Gasteiger charge is -2.12. The molecule has 0 fully saturated rings. The van der Waals surface area contributed by atoms with Gasteiger partial charge < -0.3 is 5.73 Å². The van der Waals surface area contributed by atoms with Gasteiger partial charge in [-0.2, -0.15) is 0 Å². The summed E-state index contributed by atoms with van der Waals surface area (Å²) in [7, 11) is 0. The molecule has 0 bridgehead atoms. The van der Waals surface area contributed by atoms with Gasteiger partial charge in [0.25, 0.3) is 0 Å². The van der Waals surface area contributed by atoms with Gasteiger partial charge >= 0.3 is 0 Å². The van der Waals surface area contributed by atoms with Crippen LogP contribution in [0.15, 0.2) is 78.9 Å². The molecule has 3 aromatic carbocycles. The first kappa shape index (κ1) is 13.1.